The molecule has 3 fully saturated rings. The Morgan fingerprint density at radius 1 is 0.316 bits per heavy atom. The number of nitrogens with zero attached hydrogens (tertiary/aromatic N) is 1. The fourth-order valence-corrected chi connectivity index (χ4v) is 15.5. The van der Waals surface area contributed by atoms with E-state index in [1.165, 1.54) is 67.2 Å². The Morgan fingerprint density at radius 3 is 0.977 bits per heavy atom. The van der Waals surface area contributed by atoms with Crippen LogP contribution in [0.2, 0.25) is 0 Å². The van der Waals surface area contributed by atoms with E-state index < -0.39 is 230 Å². The number of carbonyl (C=O) groups excluding carboxylic acids is 17. The largest absolute Gasteiger partial charge is 0.456 e. The van der Waals surface area contributed by atoms with E-state index in [0.717, 1.165) is 0 Å². The van der Waals surface area contributed by atoms with Gasteiger partial charge in [-0.3, -0.25) is 86.4 Å². The molecule has 43 heteroatoms. The minimum absolute atomic E-state index is 0.0131. The molecule has 38 nitrogen and oxygen atoms in total. The Labute approximate surface area is 772 Å². The van der Waals surface area contributed by atoms with Gasteiger partial charge in [0.1, 0.15) is 53.8 Å². The highest BCUT2D eigenvalue weighted by molar-refractivity contribution is 5.87. The maximum absolute atomic E-state index is 14.6. The van der Waals surface area contributed by atoms with Gasteiger partial charge in [0.05, 0.1) is 19.1 Å². The van der Waals surface area contributed by atoms with Crippen molar-refractivity contribution in [1.29, 1.82) is 0 Å². The maximum Gasteiger partial charge on any atom is 0.303 e. The molecule has 3 heterocycles. The number of hydrogen-bond donors (Lipinski definition) is 8. The van der Waals surface area contributed by atoms with Crippen LogP contribution >= 0.6 is 0 Å². The normalized spacial score (nSPS) is 21.7. The minimum Gasteiger partial charge on any atom is -0.456 e. The summed E-state index contributed by atoms with van der Waals surface area (Å²) in [6.45, 7) is 16.2. The van der Waals surface area contributed by atoms with E-state index in [-0.39, 0.29) is 165 Å². The molecule has 1 aromatic rings. The standard InChI is InChI=1S/C90H138F5N9O29/c1-13-66-81(125-55(7)108)84(128-58(10)111)78(101-52(4)105)88(131-66)122-46-27-17-22-38-69(117)96-41-26-25-34-63(116)50-104(51-72(120)99-44-31-42-97-70(118)39-23-18-28-47-123-89-79(102-53(5)106)85(129-59(11)112)82(126-56(8)109)67(14-2)132-89)65(37-21-16-20-33-61(114)35-30-36-62(115)49-64-73(91)75(93)77(95)76(94)74(64)92)87(121)100-45-32-43-98-71(119)40-24-19-29-48-124-90-80(103-54(6)107)86(130-60(12)113)83(127-57(9)110)68(15-3)133-90/h65-68,78-86,88-90H,13-51H2,1-12H3,(H,96,117)(H,97,118)(H,98,119)(H,99,120)(H,100,121)(H,101,105)(H,102,106)(H,103,107). The molecule has 16 atom stereocenters. The highest BCUT2D eigenvalue weighted by atomic mass is 19.2. The van der Waals surface area contributed by atoms with Gasteiger partial charge in [-0.05, 0) is 103 Å². The molecule has 133 heavy (non-hydrogen) atoms. The molecule has 3 aliphatic heterocycles. The number of amides is 8. The Hall–Kier alpha value is -9.82. The van der Waals surface area contributed by atoms with Crippen molar-refractivity contribution in [3.8, 4) is 0 Å². The van der Waals surface area contributed by atoms with Crippen LogP contribution in [0.1, 0.15) is 268 Å². The van der Waals surface area contributed by atoms with Gasteiger partial charge in [-0.25, -0.2) is 22.0 Å². The second-order valence-electron chi connectivity index (χ2n) is 33.1. The Morgan fingerprint density at radius 2 is 0.617 bits per heavy atom. The zero-order valence-electron chi connectivity index (χ0n) is 78.5. The summed E-state index contributed by atoms with van der Waals surface area (Å²) in [5.74, 6) is -20.1. The number of Topliss-reactive ketones (excluding diaryl/α,β-unsaturated/α-hetero) is 3. The molecule has 0 saturated carbocycles. The van der Waals surface area contributed by atoms with Crippen molar-refractivity contribution in [1.82, 2.24) is 47.4 Å². The lowest BCUT2D eigenvalue weighted by atomic mass is 9.94. The molecular formula is C90H138F5N9O29. The maximum atomic E-state index is 14.6. The first-order chi connectivity index (χ1) is 63.2. The molecule has 752 valence electrons. The molecule has 1 aromatic carbocycles. The molecule has 16 unspecified atom stereocenters. The number of ether oxygens (including phenoxy) is 12. The van der Waals surface area contributed by atoms with Crippen molar-refractivity contribution in [2.45, 2.75) is 367 Å². The van der Waals surface area contributed by atoms with E-state index in [2.05, 4.69) is 42.5 Å². The third-order valence-corrected chi connectivity index (χ3v) is 21.7. The van der Waals surface area contributed by atoms with Crippen LogP contribution in [0.15, 0.2) is 0 Å². The molecule has 0 radical (unpaired) electrons. The van der Waals surface area contributed by atoms with Crippen LogP contribution < -0.4 is 42.5 Å². The van der Waals surface area contributed by atoms with E-state index in [1.807, 2.05) is 0 Å². The summed E-state index contributed by atoms with van der Waals surface area (Å²) in [5, 5.41) is 22.3. The van der Waals surface area contributed by atoms with Gasteiger partial charge in [0, 0.05) is 172 Å². The molecular weight excluding hydrogens is 1770 g/mol. The van der Waals surface area contributed by atoms with E-state index in [0.29, 0.717) is 89.9 Å². The topological polar surface area (TPSA) is 500 Å². The Balaban J connectivity index is 1.42. The van der Waals surface area contributed by atoms with E-state index in [4.69, 9.17) is 56.8 Å². The Bertz CT molecular complexity index is 3830. The van der Waals surface area contributed by atoms with Crippen LogP contribution in [0.25, 0.3) is 0 Å². The van der Waals surface area contributed by atoms with Crippen molar-refractivity contribution < 1.29 is 160 Å². The lowest BCUT2D eigenvalue weighted by Gasteiger charge is -2.45. The lowest BCUT2D eigenvalue weighted by Crippen LogP contribution is -2.65. The zero-order chi connectivity index (χ0) is 98.8. The molecule has 3 saturated heterocycles. The predicted molar refractivity (Wildman–Crippen MR) is 462 cm³/mol. The average Bonchev–Trinajstić information content (AvgIpc) is 0.797. The molecule has 0 aliphatic carbocycles. The monoisotopic (exact) mass is 1900 g/mol. The fourth-order valence-electron chi connectivity index (χ4n) is 15.5. The average molecular weight is 1910 g/mol. The van der Waals surface area contributed by atoms with Gasteiger partial charge in [0.15, 0.2) is 78.8 Å². The number of hydrogen-bond acceptors (Lipinski definition) is 30. The molecule has 0 aromatic heterocycles. The summed E-state index contributed by atoms with van der Waals surface area (Å²) in [6.07, 6.45) is -6.25. The first-order valence-corrected chi connectivity index (χ1v) is 46.0. The number of halogens is 5. The zero-order valence-corrected chi connectivity index (χ0v) is 78.5. The first-order valence-electron chi connectivity index (χ1n) is 46.0. The molecule has 4 rings (SSSR count). The van der Waals surface area contributed by atoms with Crippen LogP contribution in [-0.2, 0) is 145 Å². The SMILES string of the molecule is CCC1OC(OCCCCCC(=O)NCCCCC(=O)CN(CC(=O)NCCCNC(=O)CCCCCOC2OC(CC)C(OC(C)=O)C(OC(C)=O)C2NC(C)=O)C(CCCCCC(=O)CCCC(=O)Cc2c(F)c(F)c(F)c(F)c2F)C(=O)NCCCNC(=O)CCCCCOC2OC(CC)C(OC(C)=O)C(OC(C)=O)C2NC(C)=O)C(NC(C)=O)C(OC(C)=O)C1OC(C)=O. The van der Waals surface area contributed by atoms with Crippen molar-refractivity contribution in [3.63, 3.8) is 0 Å². The van der Waals surface area contributed by atoms with Gasteiger partial charge in [-0.2, -0.15) is 0 Å². The minimum atomic E-state index is -2.38. The summed E-state index contributed by atoms with van der Waals surface area (Å²) in [5.41, 5.74) is -1.29. The number of rotatable bonds is 64. The number of benzene rings is 1. The summed E-state index contributed by atoms with van der Waals surface area (Å²) in [6, 6.07) is -4.26. The van der Waals surface area contributed by atoms with Crippen LogP contribution in [0.5, 0.6) is 0 Å². The number of carbonyl (C=O) groups is 17. The second-order valence-corrected chi connectivity index (χ2v) is 33.1. The summed E-state index contributed by atoms with van der Waals surface area (Å²) < 4.78 is 140. The molecule has 0 spiro atoms. The fraction of sp³-hybridized carbons (Fsp3) is 0.744. The van der Waals surface area contributed by atoms with Crippen molar-refractivity contribution >= 4 is 100 Å². The van der Waals surface area contributed by atoms with Gasteiger partial charge < -0.3 is 99.4 Å². The molecule has 0 bridgehead atoms. The van der Waals surface area contributed by atoms with E-state index >= 15 is 0 Å². The van der Waals surface area contributed by atoms with Gasteiger partial charge in [0.25, 0.3) is 0 Å². The lowest BCUT2D eigenvalue weighted by molar-refractivity contribution is -0.272. The summed E-state index contributed by atoms with van der Waals surface area (Å²) in [7, 11) is 0. The number of ketones is 3. The smallest absolute Gasteiger partial charge is 0.303 e. The highest BCUT2D eigenvalue weighted by Gasteiger charge is 2.53. The number of esters is 6. The summed E-state index contributed by atoms with van der Waals surface area (Å²) >= 11 is 0. The quantitative estimate of drug-likeness (QED) is 0.00899. The van der Waals surface area contributed by atoms with Gasteiger partial charge in [-0.1, -0.05) is 52.9 Å². The first kappa shape index (κ1) is 115. The second kappa shape index (κ2) is 62.7. The van der Waals surface area contributed by atoms with Crippen LogP contribution in [0, 0.1) is 29.1 Å². The van der Waals surface area contributed by atoms with E-state index in [1.54, 1.807) is 20.8 Å². The van der Waals surface area contributed by atoms with Crippen molar-refractivity contribution in [2.24, 2.45) is 0 Å². The summed E-state index contributed by atoms with van der Waals surface area (Å²) in [4.78, 5) is 219. The van der Waals surface area contributed by atoms with E-state index in [9.17, 15) is 103 Å². The predicted octanol–water partition coefficient (Wildman–Crippen LogP) is 6.19. The third kappa shape index (κ3) is 43.6. The Kier molecular flexibility index (Phi) is 54.4. The van der Waals surface area contributed by atoms with Gasteiger partial charge in [-0.15, -0.1) is 0 Å². The van der Waals surface area contributed by atoms with Gasteiger partial charge >= 0.3 is 35.8 Å². The number of unbranched alkanes of at least 4 members (excludes halogenated alkanes) is 9. The van der Waals surface area contributed by atoms with Crippen LogP contribution in [0.4, 0.5) is 22.0 Å². The van der Waals surface area contributed by atoms with Crippen molar-refractivity contribution in [2.75, 3.05) is 65.6 Å². The molecule has 3 aliphatic rings. The molecule has 8 amide bonds. The third-order valence-electron chi connectivity index (χ3n) is 21.7. The van der Waals surface area contributed by atoms with Crippen molar-refractivity contribution in [3.05, 3.63) is 34.6 Å². The van der Waals surface area contributed by atoms with Crippen LogP contribution in [-0.4, -0.2) is 269 Å². The molecule has 8 N–H and O–H groups in total. The van der Waals surface area contributed by atoms with Crippen LogP contribution in [0.3, 0.4) is 0 Å². The van der Waals surface area contributed by atoms with Gasteiger partial charge in [0.2, 0.25) is 53.1 Å². The highest BCUT2D eigenvalue weighted by Crippen LogP contribution is 2.34. The number of nitrogens with one attached hydrogen (secondary N) is 8.